The molecule has 0 radical (unpaired) electrons. The molecule has 1 aliphatic rings. The number of nitrogens with zero attached hydrogens (tertiary/aromatic N) is 2. The minimum absolute atomic E-state index is 0.0652. The van der Waals surface area contributed by atoms with Crippen molar-refractivity contribution in [2.75, 3.05) is 6.61 Å². The molecular formula is C13H10N2O4S. The number of esters is 1. The summed E-state index contributed by atoms with van der Waals surface area (Å²) in [6, 6.07) is 5.08. The number of ether oxygens (including phenoxy) is 1. The number of hydrogen-bond donors (Lipinski definition) is 1. The lowest BCUT2D eigenvalue weighted by Crippen LogP contribution is -2.13. The van der Waals surface area contributed by atoms with Gasteiger partial charge in [-0.2, -0.15) is 0 Å². The molecule has 6 nitrogen and oxygen atoms in total. The van der Waals surface area contributed by atoms with E-state index in [1.165, 1.54) is 0 Å². The molecule has 3 rings (SSSR count). The lowest BCUT2D eigenvalue weighted by atomic mass is 10.2. The number of hydrogen-bond acceptors (Lipinski definition) is 6. The van der Waals surface area contributed by atoms with Gasteiger partial charge in [0.25, 0.3) is 0 Å². The van der Waals surface area contributed by atoms with Gasteiger partial charge in [-0.05, 0) is 19.1 Å². The van der Waals surface area contributed by atoms with Gasteiger partial charge in [0.15, 0.2) is 12.0 Å². The fraction of sp³-hybridized carbons (Fsp3) is 0.154. The Kier molecular flexibility index (Phi) is 2.98. The van der Waals surface area contributed by atoms with E-state index in [-0.39, 0.29) is 23.0 Å². The SMILES string of the molecule is CCOC(=O)C1=C(O)c2cccc3nc(C=O)c(n23)S1. The minimum atomic E-state index is -0.615. The van der Waals surface area contributed by atoms with Gasteiger partial charge < -0.3 is 9.84 Å². The summed E-state index contributed by atoms with van der Waals surface area (Å²) in [4.78, 5) is 27.2. The first-order chi connectivity index (χ1) is 9.67. The first-order valence-corrected chi connectivity index (χ1v) is 6.74. The van der Waals surface area contributed by atoms with Gasteiger partial charge in [0, 0.05) is 0 Å². The van der Waals surface area contributed by atoms with Gasteiger partial charge in [-0.25, -0.2) is 9.78 Å². The van der Waals surface area contributed by atoms with Crippen LogP contribution in [0, 0.1) is 0 Å². The van der Waals surface area contributed by atoms with Crippen molar-refractivity contribution in [1.82, 2.24) is 9.38 Å². The summed E-state index contributed by atoms with van der Waals surface area (Å²) in [5.41, 5.74) is 1.19. The normalized spacial score (nSPS) is 13.7. The number of aldehydes is 1. The van der Waals surface area contributed by atoms with E-state index in [1.807, 2.05) is 0 Å². The molecule has 0 unspecified atom stereocenters. The van der Waals surface area contributed by atoms with Gasteiger partial charge in [0.1, 0.15) is 21.3 Å². The summed E-state index contributed by atoms with van der Waals surface area (Å²) in [5.74, 6) is -0.780. The number of thioether (sulfide) groups is 1. The fourth-order valence-corrected chi connectivity index (χ4v) is 3.06. The number of rotatable bonds is 3. The van der Waals surface area contributed by atoms with Crippen molar-refractivity contribution < 1.29 is 19.4 Å². The summed E-state index contributed by atoms with van der Waals surface area (Å²) >= 11 is 0.988. The molecule has 0 atom stereocenters. The van der Waals surface area contributed by atoms with Crippen LogP contribution < -0.4 is 0 Å². The maximum atomic E-state index is 11.9. The van der Waals surface area contributed by atoms with Crippen LogP contribution in [0.4, 0.5) is 0 Å². The van der Waals surface area contributed by atoms with E-state index in [9.17, 15) is 14.7 Å². The van der Waals surface area contributed by atoms with E-state index in [0.717, 1.165) is 11.8 Å². The zero-order valence-corrected chi connectivity index (χ0v) is 11.3. The van der Waals surface area contributed by atoms with Crippen LogP contribution in [0.2, 0.25) is 0 Å². The maximum Gasteiger partial charge on any atom is 0.348 e. The smallest absolute Gasteiger partial charge is 0.348 e. The molecule has 1 aliphatic heterocycles. The number of pyridine rings is 1. The minimum Gasteiger partial charge on any atom is -0.504 e. The summed E-state index contributed by atoms with van der Waals surface area (Å²) in [5, 5.41) is 10.7. The Morgan fingerprint density at radius 3 is 3.05 bits per heavy atom. The van der Waals surface area contributed by atoms with Crippen molar-refractivity contribution in [3.63, 3.8) is 0 Å². The van der Waals surface area contributed by atoms with Gasteiger partial charge in [0.2, 0.25) is 0 Å². The van der Waals surface area contributed by atoms with Crippen LogP contribution >= 0.6 is 11.8 Å². The number of aliphatic hydroxyl groups is 1. The van der Waals surface area contributed by atoms with Crippen LogP contribution in [0.5, 0.6) is 0 Å². The average Bonchev–Trinajstić information content (AvgIpc) is 2.81. The molecule has 2 aromatic heterocycles. The first-order valence-electron chi connectivity index (χ1n) is 5.92. The van der Waals surface area contributed by atoms with Crippen LogP contribution in [-0.2, 0) is 9.53 Å². The second kappa shape index (κ2) is 4.68. The standard InChI is InChI=1S/C13H10N2O4S/c1-2-19-13(18)11-10(17)8-4-3-5-9-14-7(6-16)12(20-11)15(8)9/h3-6,17H,2H2,1H3. The molecule has 20 heavy (non-hydrogen) atoms. The predicted molar refractivity (Wildman–Crippen MR) is 72.6 cm³/mol. The topological polar surface area (TPSA) is 80.9 Å². The second-order valence-corrected chi connectivity index (χ2v) is 5.02. The average molecular weight is 290 g/mol. The Labute approximate surface area is 118 Å². The van der Waals surface area contributed by atoms with Crippen LogP contribution in [-0.4, -0.2) is 33.4 Å². The molecular weight excluding hydrogens is 280 g/mol. The molecule has 0 fully saturated rings. The van der Waals surface area contributed by atoms with Gasteiger partial charge in [-0.1, -0.05) is 17.8 Å². The molecule has 0 bridgehead atoms. The van der Waals surface area contributed by atoms with Gasteiger partial charge >= 0.3 is 5.97 Å². The molecule has 102 valence electrons. The molecule has 0 aromatic carbocycles. The van der Waals surface area contributed by atoms with Crippen LogP contribution in [0.3, 0.4) is 0 Å². The molecule has 0 saturated carbocycles. The Bertz CT molecular complexity index is 763. The van der Waals surface area contributed by atoms with Gasteiger partial charge in [-0.3, -0.25) is 9.20 Å². The number of aromatic nitrogens is 2. The van der Waals surface area contributed by atoms with Gasteiger partial charge in [0.05, 0.1) is 12.3 Å². The third-order valence-electron chi connectivity index (χ3n) is 2.86. The highest BCUT2D eigenvalue weighted by molar-refractivity contribution is 8.04. The fourth-order valence-electron chi connectivity index (χ4n) is 2.04. The summed E-state index contributed by atoms with van der Waals surface area (Å²) in [7, 11) is 0. The maximum absolute atomic E-state index is 11.9. The lowest BCUT2D eigenvalue weighted by molar-refractivity contribution is -0.137. The monoisotopic (exact) mass is 290 g/mol. The third-order valence-corrected chi connectivity index (χ3v) is 4.00. The summed E-state index contributed by atoms with van der Waals surface area (Å²) in [6.07, 6.45) is 0.629. The Morgan fingerprint density at radius 1 is 1.55 bits per heavy atom. The van der Waals surface area contributed by atoms with Crippen molar-refractivity contribution in [2.24, 2.45) is 0 Å². The highest BCUT2D eigenvalue weighted by atomic mass is 32.2. The third kappa shape index (κ3) is 1.70. The van der Waals surface area contributed by atoms with Crippen molar-refractivity contribution in [3.8, 4) is 0 Å². The molecule has 1 N–H and O–H groups in total. The number of imidazole rings is 1. The lowest BCUT2D eigenvalue weighted by Gasteiger charge is -2.17. The Hall–Kier alpha value is -2.28. The number of carbonyl (C=O) groups is 2. The summed E-state index contributed by atoms with van der Waals surface area (Å²) < 4.78 is 6.56. The van der Waals surface area contributed by atoms with Gasteiger partial charge in [-0.15, -0.1) is 0 Å². The van der Waals surface area contributed by atoms with E-state index < -0.39 is 5.97 Å². The highest BCUT2D eigenvalue weighted by Gasteiger charge is 2.29. The largest absolute Gasteiger partial charge is 0.504 e. The molecule has 7 heteroatoms. The highest BCUT2D eigenvalue weighted by Crippen LogP contribution is 2.40. The van der Waals surface area contributed by atoms with Crippen LogP contribution in [0.25, 0.3) is 11.4 Å². The molecule has 2 aromatic rings. The molecule has 0 amide bonds. The molecule has 0 aliphatic carbocycles. The van der Waals surface area contributed by atoms with Crippen molar-refractivity contribution >= 4 is 35.4 Å². The van der Waals surface area contributed by atoms with E-state index in [2.05, 4.69) is 4.98 Å². The zero-order valence-electron chi connectivity index (χ0n) is 10.5. The van der Waals surface area contributed by atoms with Crippen LogP contribution in [0.15, 0.2) is 28.1 Å². The predicted octanol–water partition coefficient (Wildman–Crippen LogP) is 2.04. The molecule has 3 heterocycles. The second-order valence-electron chi connectivity index (χ2n) is 4.02. The summed E-state index contributed by atoms with van der Waals surface area (Å²) in [6.45, 7) is 1.89. The van der Waals surface area contributed by atoms with E-state index in [0.29, 0.717) is 22.7 Å². The Morgan fingerprint density at radius 2 is 2.35 bits per heavy atom. The Balaban J connectivity index is 2.25. The van der Waals surface area contributed by atoms with Crippen LogP contribution in [0.1, 0.15) is 23.1 Å². The van der Waals surface area contributed by atoms with Crippen molar-refractivity contribution in [2.45, 2.75) is 11.9 Å². The number of aliphatic hydroxyl groups excluding tert-OH is 1. The van der Waals surface area contributed by atoms with Crippen molar-refractivity contribution in [1.29, 1.82) is 0 Å². The first kappa shape index (κ1) is 12.7. The zero-order chi connectivity index (χ0) is 14.3. The van der Waals surface area contributed by atoms with E-state index in [1.54, 1.807) is 29.5 Å². The number of carbonyl (C=O) groups excluding carboxylic acids is 2. The van der Waals surface area contributed by atoms with E-state index >= 15 is 0 Å². The molecule has 0 spiro atoms. The molecule has 0 saturated heterocycles. The quantitative estimate of drug-likeness (QED) is 0.688. The van der Waals surface area contributed by atoms with Crippen molar-refractivity contribution in [3.05, 3.63) is 34.5 Å². The van der Waals surface area contributed by atoms with E-state index in [4.69, 9.17) is 4.74 Å².